The summed E-state index contributed by atoms with van der Waals surface area (Å²) in [5, 5.41) is 4.23. The number of carbonyl (C=O) groups excluding carboxylic acids is 1. The quantitative estimate of drug-likeness (QED) is 0.686. The molecule has 0 aliphatic rings. The van der Waals surface area contributed by atoms with Gasteiger partial charge in [0.1, 0.15) is 10.6 Å². The van der Waals surface area contributed by atoms with E-state index in [4.69, 9.17) is 16.1 Å². The monoisotopic (exact) mass is 342 g/mol. The van der Waals surface area contributed by atoms with Crippen molar-refractivity contribution in [3.8, 4) is 0 Å². The largest absolute Gasteiger partial charge is 0.350 e. The Labute approximate surface area is 143 Å². The maximum atomic E-state index is 12.4. The molecule has 24 heavy (non-hydrogen) atoms. The van der Waals surface area contributed by atoms with Crippen LogP contribution in [0.25, 0.3) is 0 Å². The Bertz CT molecular complexity index is 942. The molecule has 0 saturated heterocycles. The van der Waals surface area contributed by atoms with Gasteiger partial charge in [0.2, 0.25) is 5.76 Å². The number of hydrogen-bond acceptors (Lipinski definition) is 4. The first-order chi connectivity index (χ1) is 11.5. The zero-order valence-electron chi connectivity index (χ0n) is 13.2. The summed E-state index contributed by atoms with van der Waals surface area (Å²) in [5.74, 6) is -0.293. The molecule has 1 amide bonds. The van der Waals surface area contributed by atoms with E-state index in [9.17, 15) is 4.79 Å². The molecule has 0 unspecified atom stereocenters. The lowest BCUT2D eigenvalue weighted by Gasteiger charge is -2.07. The molecule has 3 rings (SSSR count). The van der Waals surface area contributed by atoms with Gasteiger partial charge in [-0.25, -0.2) is 4.98 Å². The van der Waals surface area contributed by atoms with Crippen molar-refractivity contribution < 1.29 is 9.32 Å². The fourth-order valence-electron chi connectivity index (χ4n) is 2.17. The van der Waals surface area contributed by atoms with E-state index in [1.807, 2.05) is 29.0 Å². The van der Waals surface area contributed by atoms with Crippen molar-refractivity contribution in [2.45, 2.75) is 20.4 Å². The van der Waals surface area contributed by atoms with Crippen molar-refractivity contribution in [1.29, 1.82) is 0 Å². The lowest BCUT2D eigenvalue weighted by molar-refractivity contribution is 0.0961. The third-order valence-electron chi connectivity index (χ3n) is 3.63. The minimum atomic E-state index is -0.456. The minimum absolute atomic E-state index is 0.163. The standard InChI is InChI=1S/C17H15ClN4O2/c1-11-12(2)21-24-16(11)17(23)20-15-5-3-4-8-22(15)10-13-6-7-14(18)19-9-13/h3-9H,10H2,1-2H3. The highest BCUT2D eigenvalue weighted by Gasteiger charge is 2.16. The van der Waals surface area contributed by atoms with Crippen LogP contribution in [0.2, 0.25) is 5.15 Å². The van der Waals surface area contributed by atoms with Gasteiger partial charge in [0.25, 0.3) is 0 Å². The van der Waals surface area contributed by atoms with Gasteiger partial charge in [-0.05, 0) is 37.6 Å². The lowest BCUT2D eigenvalue weighted by Crippen LogP contribution is -2.22. The number of rotatable bonds is 3. The fraction of sp³-hybridized carbons (Fsp3) is 0.176. The number of nitrogens with zero attached hydrogens (tertiary/aromatic N) is 4. The summed E-state index contributed by atoms with van der Waals surface area (Å²) in [6.07, 6.45) is 3.54. The third-order valence-corrected chi connectivity index (χ3v) is 3.85. The molecule has 3 aromatic heterocycles. The van der Waals surface area contributed by atoms with Crippen LogP contribution in [-0.2, 0) is 6.54 Å². The van der Waals surface area contributed by atoms with Crippen LogP contribution in [0, 0.1) is 13.8 Å². The molecule has 0 saturated carbocycles. The molecule has 0 aliphatic heterocycles. The van der Waals surface area contributed by atoms with E-state index >= 15 is 0 Å². The van der Waals surface area contributed by atoms with E-state index in [0.717, 1.165) is 5.56 Å². The van der Waals surface area contributed by atoms with E-state index in [2.05, 4.69) is 15.1 Å². The molecule has 122 valence electrons. The highest BCUT2D eigenvalue weighted by atomic mass is 35.5. The van der Waals surface area contributed by atoms with Gasteiger partial charge >= 0.3 is 5.91 Å². The van der Waals surface area contributed by atoms with Crippen molar-refractivity contribution in [3.05, 3.63) is 75.9 Å². The Morgan fingerprint density at radius 1 is 1.29 bits per heavy atom. The molecule has 0 fully saturated rings. The van der Waals surface area contributed by atoms with E-state index in [1.54, 1.807) is 32.2 Å². The Morgan fingerprint density at radius 2 is 2.12 bits per heavy atom. The highest BCUT2D eigenvalue weighted by Crippen LogP contribution is 2.12. The summed E-state index contributed by atoms with van der Waals surface area (Å²) in [6.45, 7) is 4.09. The van der Waals surface area contributed by atoms with Crippen molar-refractivity contribution >= 4 is 17.5 Å². The van der Waals surface area contributed by atoms with Gasteiger partial charge in [-0.3, -0.25) is 4.79 Å². The van der Waals surface area contributed by atoms with Crippen molar-refractivity contribution in [1.82, 2.24) is 14.7 Å². The summed E-state index contributed by atoms with van der Waals surface area (Å²) < 4.78 is 6.92. The van der Waals surface area contributed by atoms with Crippen molar-refractivity contribution in [2.24, 2.45) is 4.99 Å². The van der Waals surface area contributed by atoms with Crippen LogP contribution < -0.4 is 5.49 Å². The smallest absolute Gasteiger partial charge is 0.317 e. The van der Waals surface area contributed by atoms with Crippen LogP contribution in [0.3, 0.4) is 0 Å². The van der Waals surface area contributed by atoms with Crippen LogP contribution in [0.1, 0.15) is 27.4 Å². The minimum Gasteiger partial charge on any atom is -0.350 e. The van der Waals surface area contributed by atoms with Gasteiger partial charge in [-0.15, -0.1) is 0 Å². The molecule has 7 heteroatoms. The molecule has 0 radical (unpaired) electrons. The second kappa shape index (κ2) is 6.80. The molecule has 3 heterocycles. The summed E-state index contributed by atoms with van der Waals surface area (Å²) in [5.41, 5.74) is 2.85. The Balaban J connectivity index is 1.95. The van der Waals surface area contributed by atoms with Gasteiger partial charge in [0, 0.05) is 18.0 Å². The van der Waals surface area contributed by atoms with E-state index in [-0.39, 0.29) is 5.76 Å². The Morgan fingerprint density at radius 3 is 2.79 bits per heavy atom. The number of aryl methyl sites for hydroxylation is 1. The molecule has 0 N–H and O–H groups in total. The van der Waals surface area contributed by atoms with Gasteiger partial charge in [0.15, 0.2) is 0 Å². The van der Waals surface area contributed by atoms with Crippen molar-refractivity contribution in [2.75, 3.05) is 0 Å². The van der Waals surface area contributed by atoms with Gasteiger partial charge in [-0.2, -0.15) is 4.99 Å². The normalized spacial score (nSPS) is 11.7. The number of halogens is 1. The van der Waals surface area contributed by atoms with Crippen LogP contribution in [-0.4, -0.2) is 20.6 Å². The predicted octanol–water partition coefficient (Wildman–Crippen LogP) is 2.93. The lowest BCUT2D eigenvalue weighted by atomic mass is 10.2. The van der Waals surface area contributed by atoms with Crippen molar-refractivity contribution in [3.63, 3.8) is 0 Å². The zero-order valence-corrected chi connectivity index (χ0v) is 14.0. The summed E-state index contributed by atoms with van der Waals surface area (Å²) in [7, 11) is 0. The fourth-order valence-corrected chi connectivity index (χ4v) is 2.28. The zero-order chi connectivity index (χ0) is 17.1. The first-order valence-electron chi connectivity index (χ1n) is 7.32. The molecule has 0 aromatic carbocycles. The van der Waals surface area contributed by atoms with Crippen LogP contribution >= 0.6 is 11.6 Å². The molecule has 0 bridgehead atoms. The third kappa shape index (κ3) is 3.44. The maximum Gasteiger partial charge on any atom is 0.317 e. The van der Waals surface area contributed by atoms with Gasteiger partial charge in [0.05, 0.1) is 12.2 Å². The number of amides is 1. The number of hydrogen-bond donors (Lipinski definition) is 0. The molecule has 0 atom stereocenters. The van der Waals surface area contributed by atoms with E-state index < -0.39 is 5.91 Å². The topological polar surface area (TPSA) is 73.3 Å². The number of aromatic nitrogens is 3. The van der Waals surface area contributed by atoms with E-state index in [1.165, 1.54) is 0 Å². The summed E-state index contributed by atoms with van der Waals surface area (Å²) >= 11 is 5.80. The molecule has 6 nitrogen and oxygen atoms in total. The first kappa shape index (κ1) is 16.1. The van der Waals surface area contributed by atoms with Crippen LogP contribution in [0.5, 0.6) is 0 Å². The van der Waals surface area contributed by atoms with Gasteiger partial charge in [-0.1, -0.05) is 28.9 Å². The Kier molecular flexibility index (Phi) is 4.57. The summed E-state index contributed by atoms with van der Waals surface area (Å²) in [4.78, 5) is 20.6. The molecule has 0 spiro atoms. The SMILES string of the molecule is Cc1noc(C(=O)N=c2ccccn2Cc2ccc(Cl)nc2)c1C. The van der Waals surface area contributed by atoms with Crippen LogP contribution in [0.4, 0.5) is 0 Å². The molecule has 0 aliphatic carbocycles. The second-order valence-electron chi connectivity index (χ2n) is 5.31. The average molecular weight is 343 g/mol. The predicted molar refractivity (Wildman–Crippen MR) is 88.7 cm³/mol. The number of carbonyl (C=O) groups is 1. The second-order valence-corrected chi connectivity index (χ2v) is 5.70. The molecular formula is C17H15ClN4O2. The first-order valence-corrected chi connectivity index (χ1v) is 7.70. The maximum absolute atomic E-state index is 12.4. The van der Waals surface area contributed by atoms with Gasteiger partial charge < -0.3 is 9.09 Å². The molecule has 3 aromatic rings. The summed E-state index contributed by atoms with van der Waals surface area (Å²) in [6, 6.07) is 9.06. The Hall–Kier alpha value is -2.73. The number of pyridine rings is 2. The van der Waals surface area contributed by atoms with E-state index in [0.29, 0.717) is 28.4 Å². The highest BCUT2D eigenvalue weighted by molar-refractivity contribution is 6.29. The average Bonchev–Trinajstić information content (AvgIpc) is 2.91. The molecular weight excluding hydrogens is 328 g/mol. The van der Waals surface area contributed by atoms with Crippen LogP contribution in [0.15, 0.2) is 52.2 Å².